The average molecular weight is 246 g/mol. The number of methoxy groups -OCH3 is 1. The molecule has 5 heteroatoms. The van der Waals surface area contributed by atoms with Crippen LogP contribution in [0.1, 0.15) is 16.8 Å². The lowest BCUT2D eigenvalue weighted by Crippen LogP contribution is -2.17. The van der Waals surface area contributed by atoms with Gasteiger partial charge in [0.25, 0.3) is 0 Å². The minimum absolute atomic E-state index is 0.761. The number of hydrogen-bond donors (Lipinski definition) is 1. The number of hydrogen-bond acceptors (Lipinski definition) is 5. The third-order valence-electron chi connectivity index (χ3n) is 1.81. The van der Waals surface area contributed by atoms with Gasteiger partial charge in [-0.3, -0.25) is 0 Å². The summed E-state index contributed by atoms with van der Waals surface area (Å²) in [5.74, 6) is 2.19. The SMILES string of the molecule is CCSCc1ncc(CNCCOC)s1. The van der Waals surface area contributed by atoms with Gasteiger partial charge in [-0.05, 0) is 5.75 Å². The molecule has 1 rings (SSSR count). The minimum atomic E-state index is 0.761. The van der Waals surface area contributed by atoms with Gasteiger partial charge in [-0.2, -0.15) is 11.8 Å². The topological polar surface area (TPSA) is 34.2 Å². The molecule has 0 saturated heterocycles. The van der Waals surface area contributed by atoms with Crippen LogP contribution in [0, 0.1) is 0 Å². The Labute approximate surface area is 99.6 Å². The van der Waals surface area contributed by atoms with Gasteiger partial charge in [0.1, 0.15) is 5.01 Å². The summed E-state index contributed by atoms with van der Waals surface area (Å²) < 4.78 is 4.96. The molecule has 0 aliphatic rings. The quantitative estimate of drug-likeness (QED) is 0.713. The van der Waals surface area contributed by atoms with Crippen LogP contribution in [-0.4, -0.2) is 31.0 Å². The maximum Gasteiger partial charge on any atom is 0.103 e. The molecule has 0 aromatic carbocycles. The average Bonchev–Trinajstić information content (AvgIpc) is 2.69. The third-order valence-corrected chi connectivity index (χ3v) is 3.88. The van der Waals surface area contributed by atoms with Gasteiger partial charge >= 0.3 is 0 Å². The smallest absolute Gasteiger partial charge is 0.103 e. The number of aromatic nitrogens is 1. The van der Waals surface area contributed by atoms with E-state index in [0.29, 0.717) is 0 Å². The minimum Gasteiger partial charge on any atom is -0.383 e. The molecule has 0 unspecified atom stereocenters. The molecule has 0 amide bonds. The number of thioether (sulfide) groups is 1. The lowest BCUT2D eigenvalue weighted by Gasteiger charge is -2.00. The van der Waals surface area contributed by atoms with Crippen molar-refractivity contribution in [3.05, 3.63) is 16.1 Å². The first-order valence-corrected chi connectivity index (χ1v) is 7.05. The zero-order valence-corrected chi connectivity index (χ0v) is 10.9. The van der Waals surface area contributed by atoms with Crippen LogP contribution in [0.15, 0.2) is 6.20 Å². The molecular weight excluding hydrogens is 228 g/mol. The summed E-state index contributed by atoms with van der Waals surface area (Å²) in [7, 11) is 1.72. The predicted molar refractivity (Wildman–Crippen MR) is 67.5 cm³/mol. The molecule has 0 aliphatic carbocycles. The Bertz CT molecular complexity index is 266. The van der Waals surface area contributed by atoms with E-state index in [4.69, 9.17) is 4.74 Å². The Kier molecular flexibility index (Phi) is 7.00. The Morgan fingerprint density at radius 2 is 2.47 bits per heavy atom. The fourth-order valence-corrected chi connectivity index (χ4v) is 2.70. The Morgan fingerprint density at radius 3 is 3.20 bits per heavy atom. The summed E-state index contributed by atoms with van der Waals surface area (Å²) in [5.41, 5.74) is 0. The monoisotopic (exact) mass is 246 g/mol. The van der Waals surface area contributed by atoms with Crippen LogP contribution in [0.2, 0.25) is 0 Å². The molecule has 86 valence electrons. The molecule has 0 fully saturated rings. The second-order valence-corrected chi connectivity index (χ2v) is 5.50. The first-order valence-electron chi connectivity index (χ1n) is 5.07. The van der Waals surface area contributed by atoms with Crippen LogP contribution in [0.3, 0.4) is 0 Å². The standard InChI is InChI=1S/C10H18N2OS2/c1-3-14-8-10-12-7-9(15-10)6-11-4-5-13-2/h7,11H,3-6,8H2,1-2H3. The Hall–Kier alpha value is -0.100. The molecule has 0 saturated carbocycles. The second-order valence-electron chi connectivity index (χ2n) is 3.03. The Morgan fingerprint density at radius 1 is 1.60 bits per heavy atom. The van der Waals surface area contributed by atoms with Crippen molar-refractivity contribution in [2.24, 2.45) is 0 Å². The lowest BCUT2D eigenvalue weighted by atomic mass is 10.5. The van der Waals surface area contributed by atoms with Gasteiger partial charge in [-0.1, -0.05) is 6.92 Å². The maximum atomic E-state index is 4.96. The molecule has 15 heavy (non-hydrogen) atoms. The van der Waals surface area contributed by atoms with Gasteiger partial charge in [0, 0.05) is 37.0 Å². The van der Waals surface area contributed by atoms with E-state index in [1.165, 1.54) is 9.88 Å². The van der Waals surface area contributed by atoms with Crippen molar-refractivity contribution in [3.8, 4) is 0 Å². The van der Waals surface area contributed by atoms with Crippen LogP contribution >= 0.6 is 23.1 Å². The van der Waals surface area contributed by atoms with E-state index >= 15 is 0 Å². The molecule has 1 N–H and O–H groups in total. The van der Waals surface area contributed by atoms with Crippen LogP contribution < -0.4 is 5.32 Å². The van der Waals surface area contributed by atoms with Crippen molar-refractivity contribution in [3.63, 3.8) is 0 Å². The summed E-state index contributed by atoms with van der Waals surface area (Å²) in [5, 5.41) is 4.54. The van der Waals surface area contributed by atoms with E-state index in [0.717, 1.165) is 31.2 Å². The van der Waals surface area contributed by atoms with E-state index in [9.17, 15) is 0 Å². The second kappa shape index (κ2) is 8.10. The fourth-order valence-electron chi connectivity index (χ4n) is 1.07. The van der Waals surface area contributed by atoms with Gasteiger partial charge in [0.15, 0.2) is 0 Å². The van der Waals surface area contributed by atoms with Crippen LogP contribution in [0.4, 0.5) is 0 Å². The van der Waals surface area contributed by atoms with Gasteiger partial charge in [-0.25, -0.2) is 4.98 Å². The van der Waals surface area contributed by atoms with Crippen molar-refractivity contribution < 1.29 is 4.74 Å². The molecular formula is C10H18N2OS2. The largest absolute Gasteiger partial charge is 0.383 e. The molecule has 0 radical (unpaired) electrons. The van der Waals surface area contributed by atoms with Crippen LogP contribution in [0.25, 0.3) is 0 Å². The molecule has 1 aromatic heterocycles. The van der Waals surface area contributed by atoms with Crippen molar-refractivity contribution in [1.82, 2.24) is 10.3 Å². The summed E-state index contributed by atoms with van der Waals surface area (Å²) in [6, 6.07) is 0. The Balaban J connectivity index is 2.20. The molecule has 1 heterocycles. The van der Waals surface area contributed by atoms with E-state index in [1.54, 1.807) is 18.4 Å². The number of nitrogens with zero attached hydrogens (tertiary/aromatic N) is 1. The normalized spacial score (nSPS) is 10.8. The van der Waals surface area contributed by atoms with E-state index in [-0.39, 0.29) is 0 Å². The highest BCUT2D eigenvalue weighted by Gasteiger charge is 2.00. The zero-order valence-electron chi connectivity index (χ0n) is 9.28. The summed E-state index contributed by atoms with van der Waals surface area (Å²) in [6.07, 6.45) is 1.97. The van der Waals surface area contributed by atoms with E-state index < -0.39 is 0 Å². The van der Waals surface area contributed by atoms with Crippen molar-refractivity contribution >= 4 is 23.1 Å². The van der Waals surface area contributed by atoms with Crippen molar-refractivity contribution in [2.45, 2.75) is 19.2 Å². The molecule has 0 spiro atoms. The number of rotatable bonds is 8. The number of nitrogens with one attached hydrogen (secondary N) is 1. The fraction of sp³-hybridized carbons (Fsp3) is 0.700. The molecule has 0 atom stereocenters. The van der Waals surface area contributed by atoms with E-state index in [2.05, 4.69) is 17.2 Å². The highest BCUT2D eigenvalue weighted by Crippen LogP contribution is 2.18. The van der Waals surface area contributed by atoms with Gasteiger partial charge in [0.05, 0.1) is 6.61 Å². The molecule has 3 nitrogen and oxygen atoms in total. The maximum absolute atomic E-state index is 4.96. The van der Waals surface area contributed by atoms with E-state index in [1.807, 2.05) is 18.0 Å². The predicted octanol–water partition coefficient (Wildman–Crippen LogP) is 2.13. The zero-order chi connectivity index (χ0) is 10.9. The third kappa shape index (κ3) is 5.51. The lowest BCUT2D eigenvalue weighted by molar-refractivity contribution is 0.199. The van der Waals surface area contributed by atoms with Crippen molar-refractivity contribution in [1.29, 1.82) is 0 Å². The first-order chi connectivity index (χ1) is 7.36. The van der Waals surface area contributed by atoms with Gasteiger partial charge in [-0.15, -0.1) is 11.3 Å². The highest BCUT2D eigenvalue weighted by atomic mass is 32.2. The van der Waals surface area contributed by atoms with Crippen LogP contribution in [0.5, 0.6) is 0 Å². The number of ether oxygens (including phenoxy) is 1. The van der Waals surface area contributed by atoms with Crippen LogP contribution in [-0.2, 0) is 17.0 Å². The summed E-state index contributed by atoms with van der Waals surface area (Å²) in [6.45, 7) is 4.73. The van der Waals surface area contributed by atoms with Crippen molar-refractivity contribution in [2.75, 3.05) is 26.0 Å². The summed E-state index contributed by atoms with van der Waals surface area (Å²) in [4.78, 5) is 5.68. The summed E-state index contributed by atoms with van der Waals surface area (Å²) >= 11 is 3.71. The van der Waals surface area contributed by atoms with Gasteiger partial charge < -0.3 is 10.1 Å². The number of thiazole rings is 1. The van der Waals surface area contributed by atoms with Gasteiger partial charge in [0.2, 0.25) is 0 Å². The molecule has 0 aliphatic heterocycles. The molecule has 0 bridgehead atoms. The highest BCUT2D eigenvalue weighted by molar-refractivity contribution is 7.98. The first kappa shape index (κ1) is 13.0. The molecule has 1 aromatic rings.